The molecule has 2 aliphatic rings. The Morgan fingerprint density at radius 2 is 2.05 bits per heavy atom. The normalized spacial score (nSPS) is 26.6. The molecule has 0 radical (unpaired) electrons. The lowest BCUT2D eigenvalue weighted by Crippen LogP contribution is -2.47. The van der Waals surface area contributed by atoms with Gasteiger partial charge >= 0.3 is 0 Å². The van der Waals surface area contributed by atoms with Crippen LogP contribution in [0.5, 0.6) is 0 Å². The number of guanidine groups is 1. The van der Waals surface area contributed by atoms with Crippen LogP contribution in [0.4, 0.5) is 0 Å². The molecular formula is C14H28IN3S. The Labute approximate surface area is 139 Å². The summed E-state index contributed by atoms with van der Waals surface area (Å²) in [6, 6.07) is 0.603. The molecule has 1 atom stereocenters. The number of aliphatic imine (C=N–C) groups is 1. The van der Waals surface area contributed by atoms with Crippen molar-refractivity contribution in [1.29, 1.82) is 0 Å². The van der Waals surface area contributed by atoms with E-state index in [1.54, 1.807) is 0 Å². The third-order valence-corrected chi connectivity index (χ3v) is 5.43. The van der Waals surface area contributed by atoms with Crippen molar-refractivity contribution in [1.82, 2.24) is 10.6 Å². The molecule has 2 N–H and O–H groups in total. The summed E-state index contributed by atoms with van der Waals surface area (Å²) in [5.41, 5.74) is 0.485. The summed E-state index contributed by atoms with van der Waals surface area (Å²) >= 11 is 2.05. The van der Waals surface area contributed by atoms with E-state index in [0.29, 0.717) is 11.5 Å². The van der Waals surface area contributed by atoms with Crippen molar-refractivity contribution >= 4 is 41.7 Å². The third kappa shape index (κ3) is 5.69. The summed E-state index contributed by atoms with van der Waals surface area (Å²) in [4.78, 5) is 4.36. The van der Waals surface area contributed by atoms with E-state index in [4.69, 9.17) is 0 Å². The number of nitrogens with zero attached hydrogens (tertiary/aromatic N) is 1. The van der Waals surface area contributed by atoms with Gasteiger partial charge in [-0.1, -0.05) is 19.8 Å². The van der Waals surface area contributed by atoms with Gasteiger partial charge in [0.2, 0.25) is 0 Å². The quantitative estimate of drug-likeness (QED) is 0.436. The number of nitrogens with one attached hydrogen (secondary N) is 2. The van der Waals surface area contributed by atoms with E-state index in [9.17, 15) is 0 Å². The molecule has 0 spiro atoms. The van der Waals surface area contributed by atoms with Crippen molar-refractivity contribution in [2.24, 2.45) is 10.4 Å². The topological polar surface area (TPSA) is 36.4 Å². The van der Waals surface area contributed by atoms with Gasteiger partial charge in [0.1, 0.15) is 0 Å². The van der Waals surface area contributed by atoms with E-state index >= 15 is 0 Å². The first-order chi connectivity index (χ1) is 8.72. The van der Waals surface area contributed by atoms with E-state index in [-0.39, 0.29) is 24.0 Å². The second kappa shape index (κ2) is 8.60. The largest absolute Gasteiger partial charge is 0.356 e. The van der Waals surface area contributed by atoms with Gasteiger partial charge in [0.05, 0.1) is 0 Å². The molecule has 0 aromatic rings. The van der Waals surface area contributed by atoms with E-state index < -0.39 is 0 Å². The molecule has 0 aromatic carbocycles. The zero-order valence-electron chi connectivity index (χ0n) is 12.2. The van der Waals surface area contributed by atoms with Gasteiger partial charge < -0.3 is 10.6 Å². The highest BCUT2D eigenvalue weighted by Crippen LogP contribution is 2.36. The molecule has 5 heteroatoms. The first-order valence-corrected chi connectivity index (χ1v) is 8.42. The Bertz CT molecular complexity index is 284. The Morgan fingerprint density at radius 3 is 2.63 bits per heavy atom. The standard InChI is InChI=1S/C14H27N3S.HI/c1-14(7-3-4-8-14)11-16-13(15-2)17-12-6-5-9-18-10-12;/h12H,3-11H2,1-2H3,(H2,15,16,17);1H. The Morgan fingerprint density at radius 1 is 1.32 bits per heavy atom. The van der Waals surface area contributed by atoms with Crippen LogP contribution in [0.15, 0.2) is 4.99 Å². The average molecular weight is 397 g/mol. The number of rotatable bonds is 3. The first kappa shape index (κ1) is 17.4. The summed E-state index contributed by atoms with van der Waals surface area (Å²) in [6.45, 7) is 3.46. The zero-order chi connectivity index (χ0) is 12.8. The van der Waals surface area contributed by atoms with Crippen LogP contribution in [0.25, 0.3) is 0 Å². The third-order valence-electron chi connectivity index (χ3n) is 4.22. The summed E-state index contributed by atoms with van der Waals surface area (Å²) in [6.07, 6.45) is 8.11. The van der Waals surface area contributed by atoms with Crippen molar-refractivity contribution in [2.75, 3.05) is 25.1 Å². The average Bonchev–Trinajstić information content (AvgIpc) is 2.83. The first-order valence-electron chi connectivity index (χ1n) is 7.27. The van der Waals surface area contributed by atoms with Crippen LogP contribution in [0.3, 0.4) is 0 Å². The van der Waals surface area contributed by atoms with E-state index in [1.165, 1.54) is 50.0 Å². The molecule has 0 aromatic heterocycles. The van der Waals surface area contributed by atoms with Crippen LogP contribution in [0.1, 0.15) is 45.4 Å². The maximum atomic E-state index is 4.36. The highest BCUT2D eigenvalue weighted by atomic mass is 127. The minimum absolute atomic E-state index is 0. The van der Waals surface area contributed by atoms with Gasteiger partial charge in [-0.05, 0) is 36.9 Å². The van der Waals surface area contributed by atoms with Gasteiger partial charge in [0.15, 0.2) is 5.96 Å². The van der Waals surface area contributed by atoms with E-state index in [1.807, 2.05) is 7.05 Å². The summed E-state index contributed by atoms with van der Waals surface area (Å²) in [7, 11) is 1.88. The van der Waals surface area contributed by atoms with Crippen LogP contribution in [0, 0.1) is 5.41 Å². The maximum absolute atomic E-state index is 4.36. The molecule has 2 rings (SSSR count). The van der Waals surface area contributed by atoms with E-state index in [2.05, 4.69) is 34.3 Å². The van der Waals surface area contributed by atoms with Crippen LogP contribution >= 0.6 is 35.7 Å². The van der Waals surface area contributed by atoms with Crippen molar-refractivity contribution in [2.45, 2.75) is 51.5 Å². The highest BCUT2D eigenvalue weighted by Gasteiger charge is 2.28. The molecule has 112 valence electrons. The van der Waals surface area contributed by atoms with Crippen LogP contribution < -0.4 is 10.6 Å². The van der Waals surface area contributed by atoms with Crippen molar-refractivity contribution in [3.05, 3.63) is 0 Å². The fraction of sp³-hybridized carbons (Fsp3) is 0.929. The predicted molar refractivity (Wildman–Crippen MR) is 96.8 cm³/mol. The minimum Gasteiger partial charge on any atom is -0.356 e. The van der Waals surface area contributed by atoms with Gasteiger partial charge in [0, 0.05) is 25.4 Å². The molecule has 1 aliphatic carbocycles. The summed E-state index contributed by atoms with van der Waals surface area (Å²) in [5, 5.41) is 7.09. The molecule has 0 bridgehead atoms. The molecule has 1 saturated heterocycles. The molecule has 0 amide bonds. The maximum Gasteiger partial charge on any atom is 0.191 e. The fourth-order valence-electron chi connectivity index (χ4n) is 2.94. The lowest BCUT2D eigenvalue weighted by molar-refractivity contribution is 0.333. The molecule has 3 nitrogen and oxygen atoms in total. The second-order valence-corrected chi connectivity index (χ2v) is 7.15. The molecule has 2 fully saturated rings. The molecule has 1 unspecified atom stereocenters. The molecule has 1 aliphatic heterocycles. The van der Waals surface area contributed by atoms with Crippen LogP contribution in [0.2, 0.25) is 0 Å². The molecule has 1 saturated carbocycles. The van der Waals surface area contributed by atoms with Gasteiger partial charge in [0.25, 0.3) is 0 Å². The Hall–Kier alpha value is 0.350. The monoisotopic (exact) mass is 397 g/mol. The SMILES string of the molecule is CN=C(NCC1(C)CCCC1)NC1CCCSC1.I. The zero-order valence-corrected chi connectivity index (χ0v) is 15.4. The van der Waals surface area contributed by atoms with Gasteiger partial charge in [-0.2, -0.15) is 11.8 Å². The van der Waals surface area contributed by atoms with Crippen molar-refractivity contribution < 1.29 is 0 Å². The predicted octanol–water partition coefficient (Wildman–Crippen LogP) is 3.25. The lowest BCUT2D eigenvalue weighted by Gasteiger charge is -2.28. The van der Waals surface area contributed by atoms with Gasteiger partial charge in [-0.25, -0.2) is 0 Å². The lowest BCUT2D eigenvalue weighted by atomic mass is 9.89. The molecule has 1 heterocycles. The fourth-order valence-corrected chi connectivity index (χ4v) is 4.02. The highest BCUT2D eigenvalue weighted by molar-refractivity contribution is 14.0. The van der Waals surface area contributed by atoms with Crippen LogP contribution in [-0.2, 0) is 0 Å². The Balaban J connectivity index is 0.00000180. The Kier molecular flexibility index (Phi) is 7.87. The van der Waals surface area contributed by atoms with Crippen molar-refractivity contribution in [3.63, 3.8) is 0 Å². The summed E-state index contributed by atoms with van der Waals surface area (Å²) in [5.74, 6) is 3.54. The van der Waals surface area contributed by atoms with Gasteiger partial charge in [-0.3, -0.25) is 4.99 Å². The minimum atomic E-state index is 0. The van der Waals surface area contributed by atoms with E-state index in [0.717, 1.165) is 12.5 Å². The number of hydrogen-bond donors (Lipinski definition) is 2. The van der Waals surface area contributed by atoms with Gasteiger partial charge in [-0.15, -0.1) is 24.0 Å². The number of hydrogen-bond acceptors (Lipinski definition) is 2. The second-order valence-electron chi connectivity index (χ2n) is 6.00. The van der Waals surface area contributed by atoms with Crippen LogP contribution in [-0.4, -0.2) is 37.1 Å². The molecular weight excluding hydrogens is 369 g/mol. The van der Waals surface area contributed by atoms with Crippen molar-refractivity contribution in [3.8, 4) is 0 Å². The number of thioether (sulfide) groups is 1. The molecule has 19 heavy (non-hydrogen) atoms. The number of halogens is 1. The smallest absolute Gasteiger partial charge is 0.191 e. The summed E-state index contributed by atoms with van der Waals surface area (Å²) < 4.78 is 0.